The summed E-state index contributed by atoms with van der Waals surface area (Å²) < 4.78 is 5.80. The van der Waals surface area contributed by atoms with Crippen LogP contribution in [0.2, 0.25) is 0 Å². The summed E-state index contributed by atoms with van der Waals surface area (Å²) in [5, 5.41) is 23.6. The molecule has 0 rings (SSSR count). The summed E-state index contributed by atoms with van der Waals surface area (Å²) in [4.78, 5) is 26.0. The van der Waals surface area contributed by atoms with Crippen molar-refractivity contribution < 1.29 is 24.5 Å². The van der Waals surface area contributed by atoms with Crippen LogP contribution in [0.25, 0.3) is 0 Å². The van der Waals surface area contributed by atoms with Crippen LogP contribution in [0.4, 0.5) is 0 Å². The average molecular weight is 820 g/mol. The summed E-state index contributed by atoms with van der Waals surface area (Å²) in [5.74, 6) is -0.653. The van der Waals surface area contributed by atoms with E-state index in [1.807, 2.05) is 6.08 Å². The second-order valence-corrected chi connectivity index (χ2v) is 15.7. The molecule has 0 aliphatic carbocycles. The maximum absolute atomic E-state index is 13.1. The molecule has 0 heterocycles. The zero-order chi connectivity index (χ0) is 43.1. The van der Waals surface area contributed by atoms with Crippen LogP contribution < -0.4 is 5.32 Å². The number of esters is 1. The van der Waals surface area contributed by atoms with Gasteiger partial charge >= 0.3 is 5.97 Å². The first-order valence-electron chi connectivity index (χ1n) is 24.0. The Kier molecular flexibility index (Phi) is 43.4. The standard InChI is InChI=1S/C53H89NO5/c1-4-7-10-13-16-19-22-24-26-27-29-31-34-37-40-43-46-53(58)59-49(44-41-38-35-32-30-28-25-23-20-17-14-11-8-5-2)47-52(57)54-50(48-55)51(56)45-42-39-36-33-21-18-15-12-9-6-3/h7-8,10-11,16-17,19-20,24-26,28,32,35,41,44,49-51,55-56H,4-6,9,12-15,18,21-23,27,29-31,33-34,36-40,42-43,45-48H2,1-3H3,(H,54,57)/b10-7+,11-8+,19-16+,20-17+,26-24+,28-25+,35-32+,44-41+. The Labute approximate surface area is 363 Å². The second kappa shape index (κ2) is 45.9. The third-order valence-corrected chi connectivity index (χ3v) is 10.2. The monoisotopic (exact) mass is 820 g/mol. The smallest absolute Gasteiger partial charge is 0.306 e. The molecule has 3 atom stereocenters. The van der Waals surface area contributed by atoms with Gasteiger partial charge in [-0.15, -0.1) is 0 Å². The number of rotatable bonds is 41. The van der Waals surface area contributed by atoms with Crippen molar-refractivity contribution in [2.45, 2.75) is 219 Å². The largest absolute Gasteiger partial charge is 0.458 e. The summed E-state index contributed by atoms with van der Waals surface area (Å²) in [6.07, 6.45) is 60.7. The molecule has 0 spiro atoms. The maximum atomic E-state index is 13.1. The van der Waals surface area contributed by atoms with E-state index in [9.17, 15) is 19.8 Å². The summed E-state index contributed by atoms with van der Waals surface area (Å²) in [7, 11) is 0. The van der Waals surface area contributed by atoms with Gasteiger partial charge in [-0.25, -0.2) is 0 Å². The number of unbranched alkanes of at least 4 members (excludes halogenated alkanes) is 15. The molecule has 1 amide bonds. The molecular weight excluding hydrogens is 731 g/mol. The molecule has 0 aromatic carbocycles. The van der Waals surface area contributed by atoms with Gasteiger partial charge in [0.05, 0.1) is 25.2 Å². The molecule has 0 aliphatic rings. The highest BCUT2D eigenvalue weighted by Crippen LogP contribution is 2.15. The zero-order valence-electron chi connectivity index (χ0n) is 38.1. The molecule has 0 fully saturated rings. The van der Waals surface area contributed by atoms with Crippen molar-refractivity contribution in [3.8, 4) is 0 Å². The molecule has 0 radical (unpaired) electrons. The Hall–Kier alpha value is -3.22. The third-order valence-electron chi connectivity index (χ3n) is 10.2. The fraction of sp³-hybridized carbons (Fsp3) is 0.660. The first-order chi connectivity index (χ1) is 29.0. The quantitative estimate of drug-likeness (QED) is 0.0324. The topological polar surface area (TPSA) is 95.9 Å². The van der Waals surface area contributed by atoms with Gasteiger partial charge in [-0.3, -0.25) is 9.59 Å². The third kappa shape index (κ3) is 41.3. The lowest BCUT2D eigenvalue weighted by atomic mass is 10.0. The van der Waals surface area contributed by atoms with Crippen molar-refractivity contribution >= 4 is 11.9 Å². The Morgan fingerprint density at radius 2 is 0.949 bits per heavy atom. The van der Waals surface area contributed by atoms with Crippen molar-refractivity contribution in [1.29, 1.82) is 0 Å². The van der Waals surface area contributed by atoms with E-state index in [1.54, 1.807) is 6.08 Å². The predicted octanol–water partition coefficient (Wildman–Crippen LogP) is 14.2. The first-order valence-corrected chi connectivity index (χ1v) is 24.0. The van der Waals surface area contributed by atoms with Gasteiger partial charge in [0.25, 0.3) is 0 Å². The number of allylic oxidation sites excluding steroid dienone is 15. The summed E-state index contributed by atoms with van der Waals surface area (Å²) in [6.45, 7) is 6.19. The van der Waals surface area contributed by atoms with Gasteiger partial charge in [0.2, 0.25) is 5.91 Å². The molecule has 0 aliphatic heterocycles. The van der Waals surface area contributed by atoms with Gasteiger partial charge in [0, 0.05) is 6.42 Å². The lowest BCUT2D eigenvalue weighted by molar-refractivity contribution is -0.148. The van der Waals surface area contributed by atoms with Crippen LogP contribution in [0.15, 0.2) is 97.2 Å². The molecular formula is C53H89NO5. The fourth-order valence-electron chi connectivity index (χ4n) is 6.58. The van der Waals surface area contributed by atoms with Crippen LogP contribution in [-0.4, -0.2) is 46.9 Å². The lowest BCUT2D eigenvalue weighted by Crippen LogP contribution is -2.46. The number of hydrogen-bond acceptors (Lipinski definition) is 5. The molecule has 59 heavy (non-hydrogen) atoms. The Morgan fingerprint density at radius 3 is 1.44 bits per heavy atom. The molecule has 0 saturated carbocycles. The molecule has 0 aromatic heterocycles. The van der Waals surface area contributed by atoms with E-state index in [4.69, 9.17) is 4.74 Å². The van der Waals surface area contributed by atoms with E-state index in [2.05, 4.69) is 111 Å². The molecule has 0 aromatic rings. The number of nitrogens with one attached hydrogen (secondary N) is 1. The Morgan fingerprint density at radius 1 is 0.525 bits per heavy atom. The number of aliphatic hydroxyl groups excluding tert-OH is 2. The molecule has 3 unspecified atom stereocenters. The zero-order valence-corrected chi connectivity index (χ0v) is 38.1. The van der Waals surface area contributed by atoms with Crippen LogP contribution in [0, 0.1) is 0 Å². The highest BCUT2D eigenvalue weighted by atomic mass is 16.5. The second-order valence-electron chi connectivity index (χ2n) is 15.7. The van der Waals surface area contributed by atoms with E-state index in [1.165, 1.54) is 57.8 Å². The molecule has 6 heteroatoms. The van der Waals surface area contributed by atoms with Crippen molar-refractivity contribution in [3.63, 3.8) is 0 Å². The fourth-order valence-corrected chi connectivity index (χ4v) is 6.58. The minimum Gasteiger partial charge on any atom is -0.458 e. The van der Waals surface area contributed by atoms with Crippen LogP contribution in [0.1, 0.15) is 201 Å². The number of aliphatic hydroxyl groups is 2. The number of ether oxygens (including phenoxy) is 1. The molecule has 0 bridgehead atoms. The van der Waals surface area contributed by atoms with Gasteiger partial charge in [-0.05, 0) is 83.1 Å². The molecule has 6 nitrogen and oxygen atoms in total. The van der Waals surface area contributed by atoms with E-state index in [0.29, 0.717) is 19.3 Å². The molecule has 336 valence electrons. The highest BCUT2D eigenvalue weighted by molar-refractivity contribution is 5.78. The van der Waals surface area contributed by atoms with Crippen molar-refractivity contribution in [2.24, 2.45) is 0 Å². The Bertz CT molecular complexity index is 1190. The summed E-state index contributed by atoms with van der Waals surface area (Å²) >= 11 is 0. The summed E-state index contributed by atoms with van der Waals surface area (Å²) in [6, 6.07) is -0.748. The van der Waals surface area contributed by atoms with Gasteiger partial charge in [0.15, 0.2) is 0 Å². The van der Waals surface area contributed by atoms with Gasteiger partial charge in [0.1, 0.15) is 6.10 Å². The van der Waals surface area contributed by atoms with Crippen molar-refractivity contribution in [1.82, 2.24) is 5.32 Å². The first kappa shape index (κ1) is 55.8. The average Bonchev–Trinajstić information content (AvgIpc) is 3.23. The highest BCUT2D eigenvalue weighted by Gasteiger charge is 2.23. The van der Waals surface area contributed by atoms with E-state index >= 15 is 0 Å². The number of hydrogen-bond donors (Lipinski definition) is 3. The number of carbonyl (C=O) groups excluding carboxylic acids is 2. The lowest BCUT2D eigenvalue weighted by Gasteiger charge is -2.23. The van der Waals surface area contributed by atoms with E-state index < -0.39 is 18.2 Å². The molecule has 0 saturated heterocycles. The minimum absolute atomic E-state index is 0.0566. The Balaban J connectivity index is 4.79. The van der Waals surface area contributed by atoms with E-state index in [0.717, 1.165) is 96.3 Å². The van der Waals surface area contributed by atoms with Crippen molar-refractivity contribution in [2.75, 3.05) is 6.61 Å². The normalized spacial score (nSPS) is 14.2. The van der Waals surface area contributed by atoms with Crippen LogP contribution in [0.5, 0.6) is 0 Å². The molecule has 3 N–H and O–H groups in total. The van der Waals surface area contributed by atoms with Gasteiger partial charge < -0.3 is 20.3 Å². The van der Waals surface area contributed by atoms with Crippen molar-refractivity contribution in [3.05, 3.63) is 97.2 Å². The minimum atomic E-state index is -0.825. The van der Waals surface area contributed by atoms with Gasteiger partial charge in [-0.2, -0.15) is 0 Å². The van der Waals surface area contributed by atoms with Crippen LogP contribution in [0.3, 0.4) is 0 Å². The number of carbonyl (C=O) groups is 2. The van der Waals surface area contributed by atoms with Crippen LogP contribution in [-0.2, 0) is 14.3 Å². The summed E-state index contributed by atoms with van der Waals surface area (Å²) in [5.41, 5.74) is 0. The maximum Gasteiger partial charge on any atom is 0.306 e. The van der Waals surface area contributed by atoms with Crippen LogP contribution >= 0.6 is 0 Å². The predicted molar refractivity (Wildman–Crippen MR) is 254 cm³/mol. The SMILES string of the molecule is CC/C=C/C/C=C/C/C=C/C/C=C/C/C=C/C(CC(=O)NC(CO)C(O)CCCCCCCCCCCC)OC(=O)CCCCCCCC/C=C/C/C=C/C/C=C/CC. The van der Waals surface area contributed by atoms with Gasteiger partial charge in [-0.1, -0.05) is 202 Å². The van der Waals surface area contributed by atoms with E-state index in [-0.39, 0.29) is 24.9 Å². The number of amides is 1.